The summed E-state index contributed by atoms with van der Waals surface area (Å²) in [6.45, 7) is 10.1. The zero-order chi connectivity index (χ0) is 22.1. The molecule has 0 bridgehead atoms. The van der Waals surface area contributed by atoms with Crippen LogP contribution in [-0.4, -0.2) is 50.7 Å². The molecule has 1 atom stereocenters. The molecule has 174 valence electrons. The van der Waals surface area contributed by atoms with Crippen molar-refractivity contribution in [2.45, 2.75) is 33.4 Å². The Balaban J connectivity index is 0.00000363. The van der Waals surface area contributed by atoms with Crippen LogP contribution in [0.1, 0.15) is 25.0 Å². The number of aryl methyl sites for hydroxylation is 1. The summed E-state index contributed by atoms with van der Waals surface area (Å²) in [6.07, 6.45) is 0.00554. The van der Waals surface area contributed by atoms with E-state index in [4.69, 9.17) is 9.73 Å². The van der Waals surface area contributed by atoms with Gasteiger partial charge in [-0.05, 0) is 50.1 Å². The molecule has 3 N–H and O–H groups in total. The number of para-hydroxylation sites is 1. The average molecular weight is 551 g/mol. The molecule has 0 aromatic heterocycles. The van der Waals surface area contributed by atoms with Crippen molar-refractivity contribution in [2.24, 2.45) is 4.99 Å². The lowest BCUT2D eigenvalue weighted by molar-refractivity contribution is -0.120. The number of benzene rings is 2. The van der Waals surface area contributed by atoms with E-state index >= 15 is 0 Å². The van der Waals surface area contributed by atoms with Crippen molar-refractivity contribution in [3.8, 4) is 5.75 Å². The van der Waals surface area contributed by atoms with Crippen LogP contribution in [-0.2, 0) is 11.3 Å². The quantitative estimate of drug-likeness (QED) is 0.267. The largest absolute Gasteiger partial charge is 0.489 e. The Morgan fingerprint density at radius 3 is 2.62 bits per heavy atom. The highest BCUT2D eigenvalue weighted by Crippen LogP contribution is 2.18. The van der Waals surface area contributed by atoms with Crippen LogP contribution in [0.4, 0.5) is 5.69 Å². The predicted molar refractivity (Wildman–Crippen MR) is 141 cm³/mol. The van der Waals surface area contributed by atoms with Gasteiger partial charge in [-0.2, -0.15) is 0 Å². The minimum absolute atomic E-state index is 0. The number of piperazine rings is 1. The zero-order valence-corrected chi connectivity index (χ0v) is 21.4. The number of carbonyl (C=O) groups excluding carboxylic acids is 1. The van der Waals surface area contributed by atoms with Crippen molar-refractivity contribution in [2.75, 3.05) is 37.6 Å². The highest BCUT2D eigenvalue weighted by molar-refractivity contribution is 14.0. The van der Waals surface area contributed by atoms with E-state index in [0.29, 0.717) is 26.2 Å². The summed E-state index contributed by atoms with van der Waals surface area (Å²) in [5, 5.41) is 9.49. The van der Waals surface area contributed by atoms with Gasteiger partial charge in [-0.15, -0.1) is 24.0 Å². The smallest absolute Gasteiger partial charge is 0.239 e. The van der Waals surface area contributed by atoms with Gasteiger partial charge >= 0.3 is 0 Å². The summed E-state index contributed by atoms with van der Waals surface area (Å²) in [5.41, 5.74) is 3.31. The van der Waals surface area contributed by atoms with E-state index in [1.54, 1.807) is 0 Å². The van der Waals surface area contributed by atoms with E-state index in [-0.39, 0.29) is 36.0 Å². The van der Waals surface area contributed by atoms with Gasteiger partial charge in [0, 0.05) is 25.3 Å². The fraction of sp³-hybridized carbons (Fsp3) is 0.417. The molecule has 0 spiro atoms. The molecule has 1 amide bonds. The van der Waals surface area contributed by atoms with Crippen molar-refractivity contribution in [3.05, 3.63) is 59.7 Å². The predicted octanol–water partition coefficient (Wildman–Crippen LogP) is 3.07. The first-order chi connectivity index (χ1) is 15.0. The first-order valence-corrected chi connectivity index (χ1v) is 10.9. The van der Waals surface area contributed by atoms with Crippen LogP contribution in [0.3, 0.4) is 0 Å². The number of ether oxygens (including phenoxy) is 1. The van der Waals surface area contributed by atoms with Crippen LogP contribution in [0.2, 0.25) is 0 Å². The summed E-state index contributed by atoms with van der Waals surface area (Å²) in [4.78, 5) is 18.4. The molecule has 0 aliphatic carbocycles. The Hall–Kier alpha value is -2.49. The Labute approximate surface area is 208 Å². The normalized spacial score (nSPS) is 14.8. The molecule has 8 heteroatoms. The first-order valence-electron chi connectivity index (χ1n) is 10.9. The fourth-order valence-corrected chi connectivity index (χ4v) is 3.37. The summed E-state index contributed by atoms with van der Waals surface area (Å²) in [5.74, 6) is 1.74. The molecule has 3 rings (SSSR count). The van der Waals surface area contributed by atoms with Crippen molar-refractivity contribution < 1.29 is 9.53 Å². The molecule has 1 aliphatic heterocycles. The zero-order valence-electron chi connectivity index (χ0n) is 19.1. The van der Waals surface area contributed by atoms with Gasteiger partial charge in [0.05, 0.1) is 19.6 Å². The third-order valence-electron chi connectivity index (χ3n) is 5.08. The lowest BCUT2D eigenvalue weighted by Gasteiger charge is -2.28. The van der Waals surface area contributed by atoms with Gasteiger partial charge < -0.3 is 25.6 Å². The third kappa shape index (κ3) is 7.89. The van der Waals surface area contributed by atoms with Crippen LogP contribution in [0.5, 0.6) is 5.75 Å². The van der Waals surface area contributed by atoms with E-state index in [1.807, 2.05) is 45.0 Å². The SMILES string of the molecule is CCNC(=NCc1ccc(N2CCNC(=O)C2)cc1)NCC(C)Oc1ccccc1C.I. The first kappa shape index (κ1) is 25.8. The van der Waals surface area contributed by atoms with E-state index in [1.165, 1.54) is 0 Å². The fourth-order valence-electron chi connectivity index (χ4n) is 3.37. The van der Waals surface area contributed by atoms with Crippen molar-refractivity contribution >= 4 is 41.5 Å². The van der Waals surface area contributed by atoms with E-state index in [9.17, 15) is 4.79 Å². The Bertz CT molecular complexity index is 888. The molecular weight excluding hydrogens is 517 g/mol. The van der Waals surface area contributed by atoms with Crippen LogP contribution in [0, 0.1) is 6.92 Å². The molecule has 1 unspecified atom stereocenters. The second-order valence-corrected chi connectivity index (χ2v) is 7.71. The number of carbonyl (C=O) groups is 1. The van der Waals surface area contributed by atoms with Crippen LogP contribution >= 0.6 is 24.0 Å². The highest BCUT2D eigenvalue weighted by Gasteiger charge is 2.16. The van der Waals surface area contributed by atoms with Crippen molar-refractivity contribution in [1.29, 1.82) is 0 Å². The number of guanidine groups is 1. The number of nitrogens with one attached hydrogen (secondary N) is 3. The molecule has 0 radical (unpaired) electrons. The van der Waals surface area contributed by atoms with Crippen LogP contribution in [0.15, 0.2) is 53.5 Å². The lowest BCUT2D eigenvalue weighted by atomic mass is 10.2. The average Bonchev–Trinajstić information content (AvgIpc) is 2.77. The molecule has 1 saturated heterocycles. The summed E-state index contributed by atoms with van der Waals surface area (Å²) in [7, 11) is 0. The van der Waals surface area contributed by atoms with Gasteiger partial charge in [0.1, 0.15) is 11.9 Å². The minimum atomic E-state index is 0. The Morgan fingerprint density at radius 2 is 1.94 bits per heavy atom. The van der Waals surface area contributed by atoms with Crippen molar-refractivity contribution in [1.82, 2.24) is 16.0 Å². The number of hydrogen-bond donors (Lipinski definition) is 3. The number of hydrogen-bond acceptors (Lipinski definition) is 4. The molecule has 2 aromatic carbocycles. The van der Waals surface area contributed by atoms with Crippen molar-refractivity contribution in [3.63, 3.8) is 0 Å². The van der Waals surface area contributed by atoms with Crippen LogP contribution < -0.4 is 25.6 Å². The van der Waals surface area contributed by atoms with Crippen LogP contribution in [0.25, 0.3) is 0 Å². The lowest BCUT2D eigenvalue weighted by Crippen LogP contribution is -2.47. The molecule has 1 heterocycles. The molecule has 0 saturated carbocycles. The highest BCUT2D eigenvalue weighted by atomic mass is 127. The van der Waals surface area contributed by atoms with E-state index in [2.05, 4.69) is 45.1 Å². The van der Waals surface area contributed by atoms with Gasteiger partial charge in [-0.1, -0.05) is 30.3 Å². The maximum absolute atomic E-state index is 11.6. The molecule has 32 heavy (non-hydrogen) atoms. The maximum atomic E-state index is 11.6. The number of aliphatic imine (C=N–C) groups is 1. The van der Waals surface area contributed by atoms with Gasteiger partial charge in [0.2, 0.25) is 5.91 Å². The van der Waals surface area contributed by atoms with Gasteiger partial charge in [0.25, 0.3) is 0 Å². The molecular formula is C24H34IN5O2. The number of rotatable bonds is 8. The van der Waals surface area contributed by atoms with Gasteiger partial charge in [-0.25, -0.2) is 4.99 Å². The summed E-state index contributed by atoms with van der Waals surface area (Å²) < 4.78 is 6.04. The van der Waals surface area contributed by atoms with E-state index < -0.39 is 0 Å². The standard InChI is InChI=1S/C24H33N5O2.HI/c1-4-25-24(27-15-19(3)31-22-8-6-5-7-18(22)2)28-16-20-9-11-21(12-10-20)29-14-13-26-23(30)17-29;/h5-12,19H,4,13-17H2,1-3H3,(H,26,30)(H2,25,27,28);1H. The van der Waals surface area contributed by atoms with E-state index in [0.717, 1.165) is 41.6 Å². The second-order valence-electron chi connectivity index (χ2n) is 7.71. The Morgan fingerprint density at radius 1 is 1.19 bits per heavy atom. The molecule has 1 aliphatic rings. The summed E-state index contributed by atoms with van der Waals surface area (Å²) in [6, 6.07) is 16.3. The monoisotopic (exact) mass is 551 g/mol. The third-order valence-corrected chi connectivity index (χ3v) is 5.08. The molecule has 2 aromatic rings. The minimum Gasteiger partial charge on any atom is -0.489 e. The topological polar surface area (TPSA) is 78.0 Å². The second kappa shape index (κ2) is 13.1. The molecule has 1 fully saturated rings. The number of nitrogens with zero attached hydrogens (tertiary/aromatic N) is 2. The number of anilines is 1. The Kier molecular flexibility index (Phi) is 10.6. The maximum Gasteiger partial charge on any atom is 0.239 e. The molecule has 7 nitrogen and oxygen atoms in total. The number of halogens is 1. The number of amides is 1. The van der Waals surface area contributed by atoms with Gasteiger partial charge in [-0.3, -0.25) is 4.79 Å². The van der Waals surface area contributed by atoms with Gasteiger partial charge in [0.15, 0.2) is 5.96 Å². The summed E-state index contributed by atoms with van der Waals surface area (Å²) >= 11 is 0.